The molecule has 24 heavy (non-hydrogen) atoms. The summed E-state index contributed by atoms with van der Waals surface area (Å²) in [4.78, 5) is 13.8. The number of benzene rings is 1. The maximum atomic E-state index is 13.7. The van der Waals surface area contributed by atoms with Crippen LogP contribution in [0.25, 0.3) is 6.08 Å². The highest BCUT2D eigenvalue weighted by Crippen LogP contribution is 2.18. The minimum absolute atomic E-state index is 0.0908. The van der Waals surface area contributed by atoms with Crippen molar-refractivity contribution in [2.75, 3.05) is 26.3 Å². The Hall–Kier alpha value is -1.47. The summed E-state index contributed by atoms with van der Waals surface area (Å²) < 4.78 is 18.9. The Labute approximate surface area is 145 Å². The van der Waals surface area contributed by atoms with E-state index in [9.17, 15) is 19.4 Å². The van der Waals surface area contributed by atoms with Crippen LogP contribution in [0.1, 0.15) is 12.5 Å². The van der Waals surface area contributed by atoms with Gasteiger partial charge in [-0.2, -0.15) is 0 Å². The summed E-state index contributed by atoms with van der Waals surface area (Å²) in [6, 6.07) is 4.22. The van der Waals surface area contributed by atoms with Gasteiger partial charge in [0.15, 0.2) is 0 Å². The van der Waals surface area contributed by atoms with Gasteiger partial charge in [0.2, 0.25) is 5.91 Å². The molecular weight excluding hydrogens is 337 g/mol. The summed E-state index contributed by atoms with van der Waals surface area (Å²) >= 11 is 5.69. The van der Waals surface area contributed by atoms with Gasteiger partial charge in [-0.05, 0) is 25.1 Å². The van der Waals surface area contributed by atoms with Gasteiger partial charge < -0.3 is 19.8 Å². The Balaban J connectivity index is 2.01. The van der Waals surface area contributed by atoms with E-state index in [1.807, 2.05) is 0 Å². The minimum atomic E-state index is -0.948. The van der Waals surface area contributed by atoms with Crippen LogP contribution in [0.3, 0.4) is 0 Å². The fraction of sp³-hybridized carbons (Fsp3) is 0.471. The summed E-state index contributed by atoms with van der Waals surface area (Å²) in [7, 11) is 0. The second-order valence-corrected chi connectivity index (χ2v) is 6.17. The average molecular weight is 358 g/mol. The maximum Gasteiger partial charge on any atom is 0.246 e. The minimum Gasteiger partial charge on any atom is -0.390 e. The summed E-state index contributed by atoms with van der Waals surface area (Å²) in [5, 5.41) is 19.9. The Morgan fingerprint density at radius 2 is 2.21 bits per heavy atom. The molecule has 1 amide bonds. The van der Waals surface area contributed by atoms with Gasteiger partial charge >= 0.3 is 0 Å². The van der Waals surface area contributed by atoms with E-state index < -0.39 is 18.0 Å². The van der Waals surface area contributed by atoms with Crippen LogP contribution in [0.4, 0.5) is 4.39 Å². The molecule has 0 aromatic heterocycles. The highest BCUT2D eigenvalue weighted by Gasteiger charge is 2.32. The molecule has 0 aliphatic carbocycles. The first-order valence-corrected chi connectivity index (χ1v) is 8.16. The van der Waals surface area contributed by atoms with Crippen molar-refractivity contribution in [3.63, 3.8) is 0 Å². The SMILES string of the molecule is CCN(C[C@@H]1COC[C@@H](O)[C@H]1O)C(=O)/C=C/c1ccc(Cl)cc1F. The molecule has 0 spiro atoms. The van der Waals surface area contributed by atoms with E-state index in [1.165, 1.54) is 29.2 Å². The zero-order chi connectivity index (χ0) is 17.7. The van der Waals surface area contributed by atoms with E-state index in [0.717, 1.165) is 0 Å². The number of ether oxygens (including phenoxy) is 1. The van der Waals surface area contributed by atoms with Gasteiger partial charge in [0.05, 0.1) is 19.3 Å². The van der Waals surface area contributed by atoms with E-state index in [4.69, 9.17) is 16.3 Å². The van der Waals surface area contributed by atoms with Crippen molar-refractivity contribution in [2.45, 2.75) is 19.1 Å². The van der Waals surface area contributed by atoms with E-state index in [0.29, 0.717) is 6.54 Å². The Bertz CT molecular complexity index is 610. The highest BCUT2D eigenvalue weighted by atomic mass is 35.5. The van der Waals surface area contributed by atoms with Gasteiger partial charge in [0.1, 0.15) is 11.9 Å². The molecule has 1 aromatic carbocycles. The van der Waals surface area contributed by atoms with E-state index in [2.05, 4.69) is 0 Å². The molecular formula is C17H21ClFNO4. The molecule has 2 rings (SSSR count). The number of halogens is 2. The van der Waals surface area contributed by atoms with Crippen LogP contribution in [-0.2, 0) is 9.53 Å². The lowest BCUT2D eigenvalue weighted by Gasteiger charge is -2.34. The van der Waals surface area contributed by atoms with Crippen molar-refractivity contribution in [1.82, 2.24) is 4.90 Å². The third kappa shape index (κ3) is 4.77. The van der Waals surface area contributed by atoms with Gasteiger partial charge in [-0.25, -0.2) is 4.39 Å². The standard InChI is InChI=1S/C17H21ClFNO4/c1-2-20(8-12-9-24-10-15(21)17(12)23)16(22)6-4-11-3-5-13(18)7-14(11)19/h3-7,12,15,17,21,23H,2,8-10H2,1H3/b6-4+/t12-,15-,17+/m1/s1. The molecule has 3 atom stereocenters. The summed E-state index contributed by atoms with van der Waals surface area (Å²) in [6.07, 6.45) is 0.788. The molecule has 1 aliphatic heterocycles. The van der Waals surface area contributed by atoms with Crippen molar-refractivity contribution < 1.29 is 24.1 Å². The lowest BCUT2D eigenvalue weighted by Crippen LogP contribution is -2.49. The molecule has 132 valence electrons. The number of aliphatic hydroxyl groups is 2. The maximum absolute atomic E-state index is 13.7. The number of carbonyl (C=O) groups excluding carboxylic acids is 1. The predicted octanol–water partition coefficient (Wildman–Crippen LogP) is 1.71. The molecule has 0 radical (unpaired) electrons. The number of rotatable bonds is 5. The Kier molecular flexibility index (Phi) is 6.74. The van der Waals surface area contributed by atoms with Crippen LogP contribution in [-0.4, -0.2) is 59.5 Å². The van der Waals surface area contributed by atoms with E-state index >= 15 is 0 Å². The van der Waals surface area contributed by atoms with Crippen LogP contribution in [0.15, 0.2) is 24.3 Å². The molecule has 7 heteroatoms. The molecule has 2 N–H and O–H groups in total. The zero-order valence-electron chi connectivity index (χ0n) is 13.4. The first-order chi connectivity index (χ1) is 11.4. The number of aliphatic hydroxyl groups excluding tert-OH is 2. The molecule has 1 fully saturated rings. The Morgan fingerprint density at radius 1 is 1.46 bits per heavy atom. The topological polar surface area (TPSA) is 70.0 Å². The van der Waals surface area contributed by atoms with E-state index in [1.54, 1.807) is 13.0 Å². The average Bonchev–Trinajstić information content (AvgIpc) is 2.55. The summed E-state index contributed by atoms with van der Waals surface area (Å²) in [6.45, 7) is 2.85. The Morgan fingerprint density at radius 3 is 2.88 bits per heavy atom. The smallest absolute Gasteiger partial charge is 0.246 e. The van der Waals surface area contributed by atoms with Crippen LogP contribution in [0.2, 0.25) is 5.02 Å². The molecule has 5 nitrogen and oxygen atoms in total. The first kappa shape index (κ1) is 18.9. The first-order valence-electron chi connectivity index (χ1n) is 7.78. The van der Waals surface area contributed by atoms with Gasteiger partial charge in [-0.3, -0.25) is 4.79 Å². The number of carbonyl (C=O) groups is 1. The van der Waals surface area contributed by atoms with Gasteiger partial charge in [0.25, 0.3) is 0 Å². The number of hydrogen-bond acceptors (Lipinski definition) is 4. The molecule has 0 bridgehead atoms. The zero-order valence-corrected chi connectivity index (χ0v) is 14.1. The van der Waals surface area contributed by atoms with Crippen molar-refractivity contribution >= 4 is 23.6 Å². The fourth-order valence-corrected chi connectivity index (χ4v) is 2.73. The second kappa shape index (κ2) is 8.58. The molecule has 1 aliphatic rings. The second-order valence-electron chi connectivity index (χ2n) is 5.73. The normalized spacial score (nSPS) is 24.3. The van der Waals surface area contributed by atoms with Crippen LogP contribution in [0.5, 0.6) is 0 Å². The molecule has 0 saturated carbocycles. The van der Waals surface area contributed by atoms with Crippen LogP contribution < -0.4 is 0 Å². The fourth-order valence-electron chi connectivity index (χ4n) is 2.57. The third-order valence-electron chi connectivity index (χ3n) is 4.01. The van der Waals surface area contributed by atoms with Gasteiger partial charge in [-0.15, -0.1) is 0 Å². The quantitative estimate of drug-likeness (QED) is 0.787. The van der Waals surface area contributed by atoms with Crippen molar-refractivity contribution in [2.24, 2.45) is 5.92 Å². The highest BCUT2D eigenvalue weighted by molar-refractivity contribution is 6.30. The van der Waals surface area contributed by atoms with E-state index in [-0.39, 0.29) is 42.2 Å². The molecule has 0 unspecified atom stereocenters. The number of likely N-dealkylation sites (N-methyl/N-ethyl adjacent to an activating group) is 1. The van der Waals surface area contributed by atoms with Gasteiger partial charge in [-0.1, -0.05) is 17.7 Å². The summed E-state index contributed by atoms with van der Waals surface area (Å²) in [5.41, 5.74) is 0.264. The third-order valence-corrected chi connectivity index (χ3v) is 4.25. The molecule has 1 heterocycles. The largest absolute Gasteiger partial charge is 0.390 e. The number of hydrogen-bond donors (Lipinski definition) is 2. The monoisotopic (exact) mass is 357 g/mol. The summed E-state index contributed by atoms with van der Waals surface area (Å²) in [5.74, 6) is -1.17. The van der Waals surface area contributed by atoms with Crippen molar-refractivity contribution in [1.29, 1.82) is 0 Å². The lowest BCUT2D eigenvalue weighted by atomic mass is 9.96. The van der Waals surface area contributed by atoms with Crippen molar-refractivity contribution in [3.05, 3.63) is 40.7 Å². The molecule has 1 aromatic rings. The number of nitrogens with zero attached hydrogens (tertiary/aromatic N) is 1. The number of amides is 1. The predicted molar refractivity (Wildman–Crippen MR) is 89.0 cm³/mol. The van der Waals surface area contributed by atoms with Crippen molar-refractivity contribution in [3.8, 4) is 0 Å². The lowest BCUT2D eigenvalue weighted by molar-refractivity contribution is -0.138. The van der Waals surface area contributed by atoms with Crippen LogP contribution in [0, 0.1) is 11.7 Å². The van der Waals surface area contributed by atoms with Gasteiger partial charge in [0, 0.05) is 35.7 Å². The molecule has 1 saturated heterocycles. The van der Waals surface area contributed by atoms with Crippen LogP contribution >= 0.6 is 11.6 Å².